The molecule has 6 heteroatoms. The van der Waals surface area contributed by atoms with Crippen LogP contribution in [0.4, 0.5) is 8.78 Å². The first-order valence-electron chi connectivity index (χ1n) is 10.7. The van der Waals surface area contributed by atoms with E-state index in [0.29, 0.717) is 32.6 Å². The van der Waals surface area contributed by atoms with Gasteiger partial charge in [0.1, 0.15) is 11.6 Å². The molecular formula is C24H28F2N2O2. The van der Waals surface area contributed by atoms with E-state index in [9.17, 15) is 13.6 Å². The average Bonchev–Trinajstić information content (AvgIpc) is 3.26. The summed E-state index contributed by atoms with van der Waals surface area (Å²) in [5.41, 5.74) is 0.883. The monoisotopic (exact) mass is 414 g/mol. The summed E-state index contributed by atoms with van der Waals surface area (Å²) < 4.78 is 33.2. The lowest BCUT2D eigenvalue weighted by Gasteiger charge is -2.36. The first-order chi connectivity index (χ1) is 14.6. The third-order valence-corrected chi connectivity index (χ3v) is 6.44. The summed E-state index contributed by atoms with van der Waals surface area (Å²) in [6, 6.07) is 12.8. The molecule has 2 aromatic rings. The number of carbonyl (C=O) groups excluding carboxylic acids is 1. The lowest BCUT2D eigenvalue weighted by Crippen LogP contribution is -2.48. The molecule has 1 atom stereocenters. The second kappa shape index (κ2) is 9.23. The van der Waals surface area contributed by atoms with Gasteiger partial charge in [-0.2, -0.15) is 0 Å². The quantitative estimate of drug-likeness (QED) is 0.778. The summed E-state index contributed by atoms with van der Waals surface area (Å²) in [6.07, 6.45) is 3.32. The Balaban J connectivity index is 1.55. The number of ether oxygens (including phenoxy) is 1. The molecule has 0 radical (unpaired) electrons. The maximum Gasteiger partial charge on any atom is 0.230 e. The minimum atomic E-state index is -0.695. The van der Waals surface area contributed by atoms with Crippen LogP contribution in [0, 0.1) is 11.6 Å². The van der Waals surface area contributed by atoms with E-state index >= 15 is 0 Å². The van der Waals surface area contributed by atoms with Crippen LogP contribution in [0.5, 0.6) is 0 Å². The van der Waals surface area contributed by atoms with Crippen molar-refractivity contribution in [3.8, 4) is 0 Å². The van der Waals surface area contributed by atoms with Crippen LogP contribution < -0.4 is 5.32 Å². The van der Waals surface area contributed by atoms with Crippen molar-refractivity contribution in [3.05, 3.63) is 71.3 Å². The van der Waals surface area contributed by atoms with Crippen molar-refractivity contribution in [1.82, 2.24) is 10.2 Å². The molecule has 1 aliphatic carbocycles. The zero-order valence-corrected chi connectivity index (χ0v) is 17.1. The number of nitrogens with one attached hydrogen (secondary N) is 1. The molecule has 1 heterocycles. The van der Waals surface area contributed by atoms with Crippen LogP contribution in [0.25, 0.3) is 0 Å². The van der Waals surface area contributed by atoms with Crippen LogP contribution >= 0.6 is 0 Å². The van der Waals surface area contributed by atoms with Crippen LogP contribution in [0.15, 0.2) is 48.5 Å². The van der Waals surface area contributed by atoms with Crippen molar-refractivity contribution in [2.45, 2.75) is 37.1 Å². The van der Waals surface area contributed by atoms with E-state index in [1.807, 2.05) is 12.1 Å². The van der Waals surface area contributed by atoms with Crippen LogP contribution in [-0.4, -0.2) is 43.7 Å². The molecular weight excluding hydrogens is 386 g/mol. The van der Waals surface area contributed by atoms with Crippen molar-refractivity contribution in [3.63, 3.8) is 0 Å². The largest absolute Gasteiger partial charge is 0.379 e. The number of nitrogens with zero attached hydrogens (tertiary/aromatic N) is 1. The van der Waals surface area contributed by atoms with Gasteiger partial charge in [0.15, 0.2) is 0 Å². The van der Waals surface area contributed by atoms with Crippen molar-refractivity contribution < 1.29 is 18.3 Å². The van der Waals surface area contributed by atoms with Gasteiger partial charge in [-0.15, -0.1) is 0 Å². The van der Waals surface area contributed by atoms with Crippen molar-refractivity contribution in [2.75, 3.05) is 32.8 Å². The van der Waals surface area contributed by atoms with Crippen molar-refractivity contribution >= 4 is 5.91 Å². The lowest BCUT2D eigenvalue weighted by atomic mass is 9.78. The van der Waals surface area contributed by atoms with E-state index in [4.69, 9.17) is 4.74 Å². The van der Waals surface area contributed by atoms with Crippen molar-refractivity contribution in [2.24, 2.45) is 0 Å². The predicted molar refractivity (Wildman–Crippen MR) is 111 cm³/mol. The second-order valence-electron chi connectivity index (χ2n) is 8.23. The Morgan fingerprint density at radius 1 is 1.03 bits per heavy atom. The molecule has 1 N–H and O–H groups in total. The third kappa shape index (κ3) is 4.40. The number of hydrogen-bond donors (Lipinski definition) is 1. The van der Waals surface area contributed by atoms with Crippen LogP contribution in [0.2, 0.25) is 0 Å². The smallest absolute Gasteiger partial charge is 0.230 e. The Labute approximate surface area is 176 Å². The van der Waals surface area contributed by atoms with Gasteiger partial charge in [-0.25, -0.2) is 8.78 Å². The highest BCUT2D eigenvalue weighted by atomic mass is 19.1. The van der Waals surface area contributed by atoms with Gasteiger partial charge in [0.05, 0.1) is 24.7 Å². The first kappa shape index (κ1) is 20.9. The summed E-state index contributed by atoms with van der Waals surface area (Å²) in [7, 11) is 0. The number of benzene rings is 2. The topological polar surface area (TPSA) is 41.6 Å². The van der Waals surface area contributed by atoms with Gasteiger partial charge in [0.2, 0.25) is 5.91 Å². The Morgan fingerprint density at radius 2 is 1.70 bits per heavy atom. The Kier molecular flexibility index (Phi) is 6.44. The summed E-state index contributed by atoms with van der Waals surface area (Å²) in [5, 5.41) is 3.13. The van der Waals surface area contributed by atoms with Gasteiger partial charge in [0, 0.05) is 19.6 Å². The first-order valence-corrected chi connectivity index (χ1v) is 10.7. The fourth-order valence-electron chi connectivity index (χ4n) is 4.83. The summed E-state index contributed by atoms with van der Waals surface area (Å²) in [5.74, 6) is -0.679. The Bertz CT molecular complexity index is 877. The number of amides is 1. The average molecular weight is 414 g/mol. The summed E-state index contributed by atoms with van der Waals surface area (Å²) in [6.45, 7) is 3.07. The molecule has 1 aliphatic heterocycles. The van der Waals surface area contributed by atoms with Gasteiger partial charge >= 0.3 is 0 Å². The SMILES string of the molecule is O=C(NCC(c1cccc(F)c1)N1CCOCC1)C1(c2cccc(F)c2)CCCC1. The maximum absolute atomic E-state index is 13.9. The molecule has 2 aromatic carbocycles. The van der Waals surface area contributed by atoms with Gasteiger partial charge in [-0.1, -0.05) is 37.1 Å². The molecule has 4 rings (SSSR count). The molecule has 160 valence electrons. The summed E-state index contributed by atoms with van der Waals surface area (Å²) >= 11 is 0. The van der Waals surface area contributed by atoms with Crippen LogP contribution in [0.1, 0.15) is 42.9 Å². The highest BCUT2D eigenvalue weighted by molar-refractivity contribution is 5.88. The molecule has 30 heavy (non-hydrogen) atoms. The second-order valence-corrected chi connectivity index (χ2v) is 8.23. The maximum atomic E-state index is 13.9. The van der Waals surface area contributed by atoms with E-state index in [1.54, 1.807) is 12.1 Å². The zero-order valence-electron chi connectivity index (χ0n) is 17.1. The highest BCUT2D eigenvalue weighted by Gasteiger charge is 2.43. The van der Waals surface area contributed by atoms with Crippen LogP contribution in [0.3, 0.4) is 0 Å². The number of rotatable bonds is 6. The molecule has 2 fully saturated rings. The minimum absolute atomic E-state index is 0.0692. The van der Waals surface area contributed by atoms with E-state index in [-0.39, 0.29) is 23.6 Å². The molecule has 1 saturated heterocycles. The number of morpholine rings is 1. The normalized spacial score (nSPS) is 20.1. The molecule has 1 unspecified atom stereocenters. The molecule has 0 spiro atoms. The number of halogens is 2. The molecule has 1 amide bonds. The van der Waals surface area contributed by atoms with Crippen LogP contribution in [-0.2, 0) is 14.9 Å². The van der Waals surface area contributed by atoms with E-state index in [1.165, 1.54) is 24.3 Å². The van der Waals surface area contributed by atoms with Crippen molar-refractivity contribution in [1.29, 1.82) is 0 Å². The Morgan fingerprint density at radius 3 is 2.37 bits per heavy atom. The van der Waals surface area contributed by atoms with E-state index < -0.39 is 5.41 Å². The standard InChI is InChI=1S/C24H28F2N2O2/c25-20-7-3-5-18(15-20)22(28-11-13-30-14-12-28)17-27-23(29)24(9-1-2-10-24)19-6-4-8-21(26)16-19/h3-8,15-16,22H,1-2,9-14,17H2,(H,27,29). The number of carbonyl (C=O) groups is 1. The summed E-state index contributed by atoms with van der Waals surface area (Å²) in [4.78, 5) is 15.6. The predicted octanol–water partition coefficient (Wildman–Crippen LogP) is 3.97. The van der Waals surface area contributed by atoms with Gasteiger partial charge < -0.3 is 10.1 Å². The fraction of sp³-hybridized carbons (Fsp3) is 0.458. The Hall–Kier alpha value is -2.31. The third-order valence-electron chi connectivity index (χ3n) is 6.44. The lowest BCUT2D eigenvalue weighted by molar-refractivity contribution is -0.127. The molecule has 4 nitrogen and oxygen atoms in total. The van der Waals surface area contributed by atoms with Gasteiger partial charge in [0.25, 0.3) is 0 Å². The molecule has 1 saturated carbocycles. The highest BCUT2D eigenvalue weighted by Crippen LogP contribution is 2.41. The van der Waals surface area contributed by atoms with E-state index in [0.717, 1.165) is 37.1 Å². The number of hydrogen-bond acceptors (Lipinski definition) is 3. The van der Waals surface area contributed by atoms with E-state index in [2.05, 4.69) is 10.2 Å². The molecule has 0 aromatic heterocycles. The fourth-order valence-corrected chi connectivity index (χ4v) is 4.83. The zero-order chi connectivity index (χ0) is 21.0. The van der Waals surface area contributed by atoms with Gasteiger partial charge in [-0.3, -0.25) is 9.69 Å². The minimum Gasteiger partial charge on any atom is -0.379 e. The van der Waals surface area contributed by atoms with Gasteiger partial charge in [-0.05, 0) is 48.2 Å². The molecule has 2 aliphatic rings. The molecule has 0 bridgehead atoms.